The van der Waals surface area contributed by atoms with Gasteiger partial charge in [0.05, 0.1) is 21.3 Å². The molecule has 0 radical (unpaired) electrons. The lowest BCUT2D eigenvalue weighted by molar-refractivity contribution is -0.132. The summed E-state index contributed by atoms with van der Waals surface area (Å²) < 4.78 is 14.9. The van der Waals surface area contributed by atoms with E-state index in [1.165, 1.54) is 25.1 Å². The van der Waals surface area contributed by atoms with Gasteiger partial charge in [-0.2, -0.15) is 0 Å². The van der Waals surface area contributed by atoms with Crippen molar-refractivity contribution < 1.29 is 19.1 Å². The minimum atomic E-state index is -1.11. The van der Waals surface area contributed by atoms with Crippen LogP contribution in [0, 0.1) is 17.7 Å². The van der Waals surface area contributed by atoms with Crippen LogP contribution in [0.4, 0.5) is 9.52 Å². The van der Waals surface area contributed by atoms with Crippen LogP contribution in [0.3, 0.4) is 0 Å². The monoisotopic (exact) mass is 516 g/mol. The highest BCUT2D eigenvalue weighted by atomic mass is 35.5. The molecule has 0 fully saturated rings. The lowest BCUT2D eigenvalue weighted by atomic mass is 10.1. The summed E-state index contributed by atoms with van der Waals surface area (Å²) in [6.45, 7) is 3.41. The Hall–Kier alpha value is -3.18. The van der Waals surface area contributed by atoms with Crippen LogP contribution in [0.2, 0.25) is 10.0 Å². The molecule has 0 aliphatic heterocycles. The van der Waals surface area contributed by atoms with Gasteiger partial charge >= 0.3 is 5.97 Å². The molecule has 0 unspecified atom stereocenters. The van der Waals surface area contributed by atoms with Gasteiger partial charge in [0.15, 0.2) is 5.13 Å². The zero-order chi connectivity index (χ0) is 24.8. The summed E-state index contributed by atoms with van der Waals surface area (Å²) in [7, 11) is 0. The number of unbranched alkanes of at least 4 members (excludes halogenated alkanes) is 1. The number of anilines is 1. The number of nitrogens with one attached hydrogen (secondary N) is 1. The summed E-state index contributed by atoms with van der Waals surface area (Å²) in [6, 6.07) is 7.69. The SMILES string of the molecule is CCCC#Cc1cccc(-c2csc(NC(=O)c3cc(Cl)c(/C=C(\C)C(=O)O)c(Cl)c3)n2)c1F. The fourth-order valence-electron chi connectivity index (χ4n) is 2.86. The van der Waals surface area contributed by atoms with Crippen molar-refractivity contribution in [3.05, 3.63) is 73.8 Å². The van der Waals surface area contributed by atoms with Gasteiger partial charge in [0.25, 0.3) is 5.91 Å². The molecule has 174 valence electrons. The highest BCUT2D eigenvalue weighted by Gasteiger charge is 2.16. The number of carbonyl (C=O) groups is 2. The van der Waals surface area contributed by atoms with Crippen LogP contribution in [0.5, 0.6) is 0 Å². The highest BCUT2D eigenvalue weighted by molar-refractivity contribution is 7.14. The molecule has 0 atom stereocenters. The van der Waals surface area contributed by atoms with Crippen molar-refractivity contribution in [2.24, 2.45) is 0 Å². The molecule has 0 aliphatic rings. The molecular weight excluding hydrogens is 498 g/mol. The molecule has 0 spiro atoms. The normalized spacial score (nSPS) is 11.0. The number of aromatic nitrogens is 1. The maximum absolute atomic E-state index is 14.9. The van der Waals surface area contributed by atoms with Crippen molar-refractivity contribution in [1.29, 1.82) is 0 Å². The maximum atomic E-state index is 14.9. The zero-order valence-electron chi connectivity index (χ0n) is 18.2. The average Bonchev–Trinajstić information content (AvgIpc) is 3.25. The van der Waals surface area contributed by atoms with E-state index in [0.29, 0.717) is 23.2 Å². The predicted octanol–water partition coefficient (Wildman–Crippen LogP) is 7.15. The third kappa shape index (κ3) is 6.03. The molecule has 2 aromatic carbocycles. The topological polar surface area (TPSA) is 79.3 Å². The number of hydrogen-bond donors (Lipinski definition) is 2. The molecule has 3 aromatic rings. The van der Waals surface area contributed by atoms with Crippen molar-refractivity contribution in [3.63, 3.8) is 0 Å². The van der Waals surface area contributed by atoms with E-state index in [9.17, 15) is 14.0 Å². The Bertz CT molecular complexity index is 1330. The van der Waals surface area contributed by atoms with Gasteiger partial charge in [-0.3, -0.25) is 10.1 Å². The quantitative estimate of drug-likeness (QED) is 0.269. The minimum absolute atomic E-state index is 0.0453. The Morgan fingerprint density at radius 2 is 1.97 bits per heavy atom. The van der Waals surface area contributed by atoms with Gasteiger partial charge in [0.1, 0.15) is 5.82 Å². The van der Waals surface area contributed by atoms with Gasteiger partial charge in [-0.25, -0.2) is 14.2 Å². The van der Waals surface area contributed by atoms with Gasteiger partial charge < -0.3 is 5.11 Å². The first kappa shape index (κ1) is 25.4. The number of hydrogen-bond acceptors (Lipinski definition) is 4. The van der Waals surface area contributed by atoms with Crippen LogP contribution >= 0.6 is 34.5 Å². The number of carbonyl (C=O) groups excluding carboxylic acids is 1. The lowest BCUT2D eigenvalue weighted by Gasteiger charge is -2.08. The van der Waals surface area contributed by atoms with E-state index in [1.54, 1.807) is 23.6 Å². The van der Waals surface area contributed by atoms with Crippen molar-refractivity contribution in [3.8, 4) is 23.1 Å². The molecule has 0 saturated heterocycles. The van der Waals surface area contributed by atoms with Gasteiger partial charge in [0.2, 0.25) is 0 Å². The van der Waals surface area contributed by atoms with Crippen molar-refractivity contribution >= 4 is 57.6 Å². The number of carboxylic acids is 1. The second-order valence-electron chi connectivity index (χ2n) is 7.20. The molecule has 1 aromatic heterocycles. The first-order chi connectivity index (χ1) is 16.2. The van der Waals surface area contributed by atoms with E-state index in [2.05, 4.69) is 22.1 Å². The van der Waals surface area contributed by atoms with Crippen LogP contribution in [-0.4, -0.2) is 22.0 Å². The standard InChI is InChI=1S/C25H19Cl2FN2O3S/c1-3-4-5-7-15-8-6-9-17(22(15)28)21-13-34-25(29-21)30-23(31)16-11-19(26)18(20(27)12-16)10-14(2)24(32)33/h6,8-13H,3-4H2,1-2H3,(H,32,33)(H,29,30,31)/b14-10+. The van der Waals surface area contributed by atoms with Crippen molar-refractivity contribution in [2.45, 2.75) is 26.7 Å². The smallest absolute Gasteiger partial charge is 0.331 e. The first-order valence-corrected chi connectivity index (χ1v) is 11.8. The van der Waals surface area contributed by atoms with Crippen molar-refractivity contribution in [1.82, 2.24) is 4.98 Å². The average molecular weight is 517 g/mol. The van der Waals surface area contributed by atoms with Gasteiger partial charge in [-0.05, 0) is 43.7 Å². The van der Waals surface area contributed by atoms with E-state index in [-0.39, 0.29) is 31.9 Å². The molecular formula is C25H19Cl2FN2O3S. The Labute approximate surface area is 210 Å². The van der Waals surface area contributed by atoms with Crippen molar-refractivity contribution in [2.75, 3.05) is 5.32 Å². The largest absolute Gasteiger partial charge is 0.478 e. The fraction of sp³-hybridized carbons (Fsp3) is 0.160. The Balaban J connectivity index is 1.82. The molecule has 34 heavy (non-hydrogen) atoms. The minimum Gasteiger partial charge on any atom is -0.478 e. The number of thiazole rings is 1. The summed E-state index contributed by atoms with van der Waals surface area (Å²) in [4.78, 5) is 28.1. The summed E-state index contributed by atoms with van der Waals surface area (Å²) in [5.41, 5.74) is 1.46. The van der Waals surface area contributed by atoms with Crippen LogP contribution in [-0.2, 0) is 4.79 Å². The van der Waals surface area contributed by atoms with E-state index >= 15 is 0 Å². The summed E-state index contributed by atoms with van der Waals surface area (Å²) in [5.74, 6) is 3.68. The second kappa shape index (κ2) is 11.3. The van der Waals surface area contributed by atoms with E-state index in [4.69, 9.17) is 28.3 Å². The van der Waals surface area contributed by atoms with Gasteiger partial charge in [0, 0.05) is 34.1 Å². The number of rotatable bonds is 6. The number of amides is 1. The van der Waals surface area contributed by atoms with Crippen LogP contribution < -0.4 is 5.32 Å². The molecule has 0 saturated carbocycles. The Kier molecular flexibility index (Phi) is 8.46. The van der Waals surface area contributed by atoms with E-state index in [1.807, 2.05) is 6.92 Å². The molecule has 1 amide bonds. The van der Waals surface area contributed by atoms with Crippen LogP contribution in [0.25, 0.3) is 17.3 Å². The predicted molar refractivity (Wildman–Crippen MR) is 135 cm³/mol. The van der Waals surface area contributed by atoms with Gasteiger partial charge in [-0.15, -0.1) is 11.3 Å². The highest BCUT2D eigenvalue weighted by Crippen LogP contribution is 2.31. The fourth-order valence-corrected chi connectivity index (χ4v) is 4.17. The number of aliphatic carboxylic acids is 1. The van der Waals surface area contributed by atoms with E-state index < -0.39 is 17.7 Å². The number of halogens is 3. The Morgan fingerprint density at radius 3 is 2.62 bits per heavy atom. The molecule has 9 heteroatoms. The maximum Gasteiger partial charge on any atom is 0.331 e. The molecule has 2 N–H and O–H groups in total. The van der Waals surface area contributed by atoms with E-state index in [0.717, 1.165) is 17.8 Å². The zero-order valence-corrected chi connectivity index (χ0v) is 20.5. The Morgan fingerprint density at radius 1 is 1.26 bits per heavy atom. The molecule has 1 heterocycles. The first-order valence-electron chi connectivity index (χ1n) is 10.2. The van der Waals surface area contributed by atoms with Crippen LogP contribution in [0.15, 0.2) is 41.3 Å². The number of nitrogens with zero attached hydrogens (tertiary/aromatic N) is 1. The third-order valence-electron chi connectivity index (χ3n) is 4.64. The second-order valence-corrected chi connectivity index (χ2v) is 8.87. The third-order valence-corrected chi connectivity index (χ3v) is 6.02. The van der Waals surface area contributed by atoms with Crippen LogP contribution in [0.1, 0.15) is 48.2 Å². The number of carboxylic acid groups (broad SMARTS) is 1. The molecule has 0 bridgehead atoms. The lowest BCUT2D eigenvalue weighted by Crippen LogP contribution is -2.12. The van der Waals surface area contributed by atoms with Gasteiger partial charge in [-0.1, -0.05) is 48.0 Å². The summed E-state index contributed by atoms with van der Waals surface area (Å²) in [6.07, 6.45) is 2.90. The molecule has 3 rings (SSSR count). The number of benzene rings is 2. The molecule has 5 nitrogen and oxygen atoms in total. The summed E-state index contributed by atoms with van der Waals surface area (Å²) >= 11 is 13.6. The molecule has 0 aliphatic carbocycles. The summed E-state index contributed by atoms with van der Waals surface area (Å²) in [5, 5.41) is 13.8.